The molecule has 2 aromatic rings. The molecule has 1 aliphatic carbocycles. The Morgan fingerprint density at radius 1 is 1.13 bits per heavy atom. The number of halogens is 1. The molecule has 0 radical (unpaired) electrons. The highest BCUT2D eigenvalue weighted by atomic mass is 35.5. The van der Waals surface area contributed by atoms with Gasteiger partial charge in [-0.05, 0) is 36.5 Å². The van der Waals surface area contributed by atoms with Crippen LogP contribution in [0.1, 0.15) is 43.7 Å². The summed E-state index contributed by atoms with van der Waals surface area (Å²) < 4.78 is 5.59. The van der Waals surface area contributed by atoms with Crippen LogP contribution in [0.3, 0.4) is 0 Å². The van der Waals surface area contributed by atoms with E-state index in [1.54, 1.807) is 0 Å². The first-order valence-corrected chi connectivity index (χ1v) is 9.29. The fourth-order valence-electron chi connectivity index (χ4n) is 4.45. The lowest BCUT2D eigenvalue weighted by Crippen LogP contribution is -2.42. The van der Waals surface area contributed by atoms with Crippen molar-refractivity contribution in [3.05, 3.63) is 35.0 Å². The zero-order valence-corrected chi connectivity index (χ0v) is 14.3. The van der Waals surface area contributed by atoms with E-state index in [1.165, 1.54) is 43.1 Å². The van der Waals surface area contributed by atoms with Crippen molar-refractivity contribution in [3.63, 3.8) is 0 Å². The molecule has 0 spiro atoms. The van der Waals surface area contributed by atoms with Gasteiger partial charge in [0.25, 0.3) is 0 Å². The first-order chi connectivity index (χ1) is 11.3. The highest BCUT2D eigenvalue weighted by molar-refractivity contribution is 6.35. The summed E-state index contributed by atoms with van der Waals surface area (Å²) in [6.07, 6.45) is 8.98. The minimum atomic E-state index is 0.466. The predicted molar refractivity (Wildman–Crippen MR) is 95.0 cm³/mol. The Labute approximate surface area is 143 Å². The molecular formula is C19H25ClN2O. The summed E-state index contributed by atoms with van der Waals surface area (Å²) in [5.74, 6) is 0.733. The van der Waals surface area contributed by atoms with Gasteiger partial charge in [-0.3, -0.25) is 4.90 Å². The van der Waals surface area contributed by atoms with Crippen molar-refractivity contribution in [2.45, 2.75) is 38.1 Å². The van der Waals surface area contributed by atoms with E-state index in [2.05, 4.69) is 22.1 Å². The third-order valence-corrected chi connectivity index (χ3v) is 5.85. The van der Waals surface area contributed by atoms with Crippen LogP contribution in [-0.2, 0) is 4.74 Å². The summed E-state index contributed by atoms with van der Waals surface area (Å²) >= 11 is 6.56. The van der Waals surface area contributed by atoms with E-state index >= 15 is 0 Å². The number of benzene rings is 1. The Morgan fingerprint density at radius 3 is 2.70 bits per heavy atom. The Hall–Kier alpha value is -1.03. The van der Waals surface area contributed by atoms with Gasteiger partial charge in [0.15, 0.2) is 0 Å². The molecule has 23 heavy (non-hydrogen) atoms. The largest absolute Gasteiger partial charge is 0.379 e. The minimum absolute atomic E-state index is 0.466. The SMILES string of the molecule is Clc1cccc2[nH]cc(C(C3CCCCC3)N3CCOCC3)c12. The molecule has 1 atom stereocenters. The lowest BCUT2D eigenvalue weighted by molar-refractivity contribution is -0.00273. The average Bonchev–Trinajstić information content (AvgIpc) is 3.02. The number of fused-ring (bicyclic) bond motifs is 1. The fraction of sp³-hybridized carbons (Fsp3) is 0.579. The van der Waals surface area contributed by atoms with Crippen LogP contribution >= 0.6 is 11.6 Å². The van der Waals surface area contributed by atoms with Gasteiger partial charge in [0.2, 0.25) is 0 Å². The zero-order valence-electron chi connectivity index (χ0n) is 13.6. The molecule has 2 heterocycles. The summed E-state index contributed by atoms with van der Waals surface area (Å²) in [5.41, 5.74) is 2.54. The molecule has 1 N–H and O–H groups in total. The Balaban J connectivity index is 1.76. The van der Waals surface area contributed by atoms with Crippen molar-refractivity contribution in [3.8, 4) is 0 Å². The Bertz CT molecular complexity index is 638. The second kappa shape index (κ2) is 6.84. The first-order valence-electron chi connectivity index (χ1n) is 8.92. The van der Waals surface area contributed by atoms with Crippen LogP contribution in [0.25, 0.3) is 10.9 Å². The normalized spacial score (nSPS) is 22.5. The molecule has 1 aromatic carbocycles. The van der Waals surface area contributed by atoms with E-state index in [4.69, 9.17) is 16.3 Å². The van der Waals surface area contributed by atoms with Gasteiger partial charge in [0.1, 0.15) is 0 Å². The van der Waals surface area contributed by atoms with Crippen LogP contribution in [0.2, 0.25) is 5.02 Å². The number of rotatable bonds is 3. The van der Waals surface area contributed by atoms with E-state index in [0.29, 0.717) is 6.04 Å². The van der Waals surface area contributed by atoms with E-state index in [9.17, 15) is 0 Å². The highest BCUT2D eigenvalue weighted by Crippen LogP contribution is 2.42. The van der Waals surface area contributed by atoms with E-state index in [-0.39, 0.29) is 0 Å². The van der Waals surface area contributed by atoms with Crippen molar-refractivity contribution >= 4 is 22.5 Å². The molecule has 0 bridgehead atoms. The topological polar surface area (TPSA) is 28.3 Å². The van der Waals surface area contributed by atoms with Gasteiger partial charge in [-0.25, -0.2) is 0 Å². The summed E-state index contributed by atoms with van der Waals surface area (Å²) in [6.45, 7) is 3.75. The predicted octanol–water partition coefficient (Wildman–Crippen LogP) is 4.77. The van der Waals surface area contributed by atoms with Crippen molar-refractivity contribution in [1.82, 2.24) is 9.88 Å². The minimum Gasteiger partial charge on any atom is -0.379 e. The lowest BCUT2D eigenvalue weighted by Gasteiger charge is -2.40. The molecular weight excluding hydrogens is 308 g/mol. The molecule has 1 saturated carbocycles. The van der Waals surface area contributed by atoms with Gasteiger partial charge in [0.05, 0.1) is 18.2 Å². The second-order valence-corrected chi connectivity index (χ2v) is 7.30. The summed E-state index contributed by atoms with van der Waals surface area (Å²) in [5, 5.41) is 2.09. The van der Waals surface area contributed by atoms with Crippen molar-refractivity contribution < 1.29 is 4.74 Å². The summed E-state index contributed by atoms with van der Waals surface area (Å²) in [4.78, 5) is 6.08. The van der Waals surface area contributed by atoms with Gasteiger partial charge >= 0.3 is 0 Å². The van der Waals surface area contributed by atoms with E-state index in [0.717, 1.165) is 42.8 Å². The Kier molecular flexibility index (Phi) is 4.61. The van der Waals surface area contributed by atoms with Crippen LogP contribution in [0.15, 0.2) is 24.4 Å². The molecule has 0 amide bonds. The molecule has 3 nitrogen and oxygen atoms in total. The van der Waals surface area contributed by atoms with Gasteiger partial charge < -0.3 is 9.72 Å². The number of hydrogen-bond acceptors (Lipinski definition) is 2. The standard InChI is InChI=1S/C19H25ClN2O/c20-16-7-4-8-17-18(16)15(13-21-17)19(14-5-2-1-3-6-14)22-9-11-23-12-10-22/h4,7-8,13-14,19,21H,1-3,5-6,9-12H2. The van der Waals surface area contributed by atoms with Crippen LogP contribution in [0.4, 0.5) is 0 Å². The van der Waals surface area contributed by atoms with Crippen molar-refractivity contribution in [1.29, 1.82) is 0 Å². The molecule has 2 aliphatic rings. The number of aromatic amines is 1. The molecule has 124 valence electrons. The number of morpholine rings is 1. The smallest absolute Gasteiger partial charge is 0.0594 e. The molecule has 2 fully saturated rings. The van der Waals surface area contributed by atoms with Crippen LogP contribution in [0, 0.1) is 5.92 Å². The zero-order chi connectivity index (χ0) is 15.6. The Morgan fingerprint density at radius 2 is 1.91 bits per heavy atom. The van der Waals surface area contributed by atoms with Gasteiger partial charge in [0, 0.05) is 36.2 Å². The summed E-state index contributed by atoms with van der Waals surface area (Å²) in [6, 6.07) is 6.63. The van der Waals surface area contributed by atoms with E-state index in [1.807, 2.05) is 12.1 Å². The maximum Gasteiger partial charge on any atom is 0.0594 e. The van der Waals surface area contributed by atoms with Crippen molar-refractivity contribution in [2.24, 2.45) is 5.92 Å². The second-order valence-electron chi connectivity index (χ2n) is 6.90. The number of H-pyrrole nitrogens is 1. The number of aromatic nitrogens is 1. The molecule has 4 rings (SSSR count). The van der Waals surface area contributed by atoms with Crippen molar-refractivity contribution in [2.75, 3.05) is 26.3 Å². The average molecular weight is 333 g/mol. The third-order valence-electron chi connectivity index (χ3n) is 5.54. The van der Waals surface area contributed by atoms with Gasteiger partial charge in [-0.2, -0.15) is 0 Å². The maximum atomic E-state index is 6.56. The van der Waals surface area contributed by atoms with E-state index < -0.39 is 0 Å². The molecule has 1 aliphatic heterocycles. The molecule has 1 aromatic heterocycles. The fourth-order valence-corrected chi connectivity index (χ4v) is 4.74. The first kappa shape index (κ1) is 15.5. The lowest BCUT2D eigenvalue weighted by atomic mass is 9.80. The number of hydrogen-bond donors (Lipinski definition) is 1. The highest BCUT2D eigenvalue weighted by Gasteiger charge is 2.33. The number of nitrogens with one attached hydrogen (secondary N) is 1. The van der Waals surface area contributed by atoms with Gasteiger partial charge in [-0.1, -0.05) is 36.9 Å². The van der Waals surface area contributed by atoms with Crippen LogP contribution < -0.4 is 0 Å². The number of nitrogens with zero attached hydrogens (tertiary/aromatic N) is 1. The van der Waals surface area contributed by atoms with Crippen LogP contribution in [-0.4, -0.2) is 36.2 Å². The number of ether oxygens (including phenoxy) is 1. The molecule has 1 saturated heterocycles. The quantitative estimate of drug-likeness (QED) is 0.876. The monoisotopic (exact) mass is 332 g/mol. The summed E-state index contributed by atoms with van der Waals surface area (Å²) in [7, 11) is 0. The molecule has 1 unspecified atom stereocenters. The maximum absolute atomic E-state index is 6.56. The van der Waals surface area contributed by atoms with Gasteiger partial charge in [-0.15, -0.1) is 0 Å². The van der Waals surface area contributed by atoms with Crippen LogP contribution in [0.5, 0.6) is 0 Å². The molecule has 4 heteroatoms. The third kappa shape index (κ3) is 3.02.